The van der Waals surface area contributed by atoms with E-state index in [0.29, 0.717) is 12.6 Å². The third-order valence-electron chi connectivity index (χ3n) is 4.40. The number of hydrogen-bond acceptors (Lipinski definition) is 2. The molecule has 0 bridgehead atoms. The maximum atomic E-state index is 12.0. The summed E-state index contributed by atoms with van der Waals surface area (Å²) in [5.41, 5.74) is 3.76. The Morgan fingerprint density at radius 1 is 1.38 bits per heavy atom. The highest BCUT2D eigenvalue weighted by Gasteiger charge is 2.25. The lowest BCUT2D eigenvalue weighted by Crippen LogP contribution is -2.42. The van der Waals surface area contributed by atoms with Crippen molar-refractivity contribution in [3.63, 3.8) is 0 Å². The molecule has 3 rings (SSSR count). The van der Waals surface area contributed by atoms with Gasteiger partial charge in [0.25, 0.3) is 0 Å². The van der Waals surface area contributed by atoms with Gasteiger partial charge in [0, 0.05) is 36.2 Å². The monoisotopic (exact) mass is 285 g/mol. The molecular formula is C17H23N3O. The van der Waals surface area contributed by atoms with E-state index in [0.717, 1.165) is 12.8 Å². The Morgan fingerprint density at radius 3 is 2.76 bits per heavy atom. The molecule has 0 radical (unpaired) electrons. The van der Waals surface area contributed by atoms with Crippen molar-refractivity contribution in [2.75, 3.05) is 0 Å². The summed E-state index contributed by atoms with van der Waals surface area (Å²) in [5, 5.41) is 7.66. The minimum atomic E-state index is -0.164. The van der Waals surface area contributed by atoms with Crippen LogP contribution in [0.4, 0.5) is 0 Å². The minimum absolute atomic E-state index is 0.105. The van der Waals surface area contributed by atoms with Crippen LogP contribution < -0.4 is 10.6 Å². The van der Waals surface area contributed by atoms with Gasteiger partial charge in [-0.2, -0.15) is 0 Å². The molecular weight excluding hydrogens is 262 g/mol. The third-order valence-corrected chi connectivity index (χ3v) is 4.40. The largest absolute Gasteiger partial charge is 0.352 e. The number of aryl methyl sites for hydroxylation is 2. The highest BCUT2D eigenvalue weighted by molar-refractivity contribution is 5.85. The molecule has 4 heteroatoms. The van der Waals surface area contributed by atoms with Gasteiger partial charge in [0.2, 0.25) is 5.91 Å². The quantitative estimate of drug-likeness (QED) is 0.885. The van der Waals surface area contributed by atoms with Gasteiger partial charge in [-0.05, 0) is 38.3 Å². The fourth-order valence-electron chi connectivity index (χ4n) is 2.78. The predicted molar refractivity (Wildman–Crippen MR) is 85.1 cm³/mol. The molecule has 21 heavy (non-hydrogen) atoms. The Kier molecular flexibility index (Phi) is 3.72. The van der Waals surface area contributed by atoms with Crippen LogP contribution in [0.3, 0.4) is 0 Å². The summed E-state index contributed by atoms with van der Waals surface area (Å²) >= 11 is 0. The van der Waals surface area contributed by atoms with Crippen LogP contribution in [0.25, 0.3) is 10.9 Å². The Labute approximate surface area is 125 Å². The molecule has 1 unspecified atom stereocenters. The third kappa shape index (κ3) is 2.81. The molecule has 1 aromatic heterocycles. The molecule has 112 valence electrons. The standard InChI is InChI=1S/C17H23N3O/c1-11-14-6-4-5-7-15(14)20(3)16(11)10-18-12(2)17(21)19-13-8-9-13/h4-7,12-13,18H,8-10H2,1-3H3,(H,19,21). The van der Waals surface area contributed by atoms with Gasteiger partial charge >= 0.3 is 0 Å². The number of fused-ring (bicyclic) bond motifs is 1. The molecule has 0 saturated heterocycles. The lowest BCUT2D eigenvalue weighted by atomic mass is 10.1. The summed E-state index contributed by atoms with van der Waals surface area (Å²) in [7, 11) is 2.08. The lowest BCUT2D eigenvalue weighted by Gasteiger charge is -2.15. The number of nitrogens with zero attached hydrogens (tertiary/aromatic N) is 1. The van der Waals surface area contributed by atoms with Crippen LogP contribution in [0, 0.1) is 6.92 Å². The van der Waals surface area contributed by atoms with Crippen molar-refractivity contribution < 1.29 is 4.79 Å². The SMILES string of the molecule is Cc1c(CNC(C)C(=O)NC2CC2)n(C)c2ccccc12. The zero-order valence-electron chi connectivity index (χ0n) is 12.9. The summed E-state index contributed by atoms with van der Waals surface area (Å²) in [6, 6.07) is 8.67. The molecule has 1 aliphatic rings. The number of nitrogens with one attached hydrogen (secondary N) is 2. The zero-order chi connectivity index (χ0) is 15.0. The molecule has 1 atom stereocenters. The van der Waals surface area contributed by atoms with Crippen LogP contribution in [0.5, 0.6) is 0 Å². The summed E-state index contributed by atoms with van der Waals surface area (Å²) < 4.78 is 2.21. The molecule has 1 saturated carbocycles. The van der Waals surface area contributed by atoms with E-state index in [2.05, 4.69) is 53.4 Å². The zero-order valence-corrected chi connectivity index (χ0v) is 12.9. The van der Waals surface area contributed by atoms with Gasteiger partial charge in [0.15, 0.2) is 0 Å². The van der Waals surface area contributed by atoms with Gasteiger partial charge in [-0.15, -0.1) is 0 Å². The molecule has 4 nitrogen and oxygen atoms in total. The van der Waals surface area contributed by atoms with Gasteiger partial charge in [0.1, 0.15) is 0 Å². The molecule has 0 aliphatic heterocycles. The first kappa shape index (κ1) is 14.1. The molecule has 1 amide bonds. The molecule has 1 aliphatic carbocycles. The Balaban J connectivity index is 1.71. The van der Waals surface area contributed by atoms with Gasteiger partial charge in [0.05, 0.1) is 6.04 Å². The smallest absolute Gasteiger partial charge is 0.237 e. The summed E-state index contributed by atoms with van der Waals surface area (Å²) in [6.45, 7) is 4.78. The molecule has 2 N–H and O–H groups in total. The number of para-hydroxylation sites is 1. The molecule has 0 spiro atoms. The second-order valence-electron chi connectivity index (χ2n) is 6.03. The van der Waals surface area contributed by atoms with E-state index in [1.165, 1.54) is 22.2 Å². The van der Waals surface area contributed by atoms with Gasteiger partial charge < -0.3 is 15.2 Å². The number of amides is 1. The van der Waals surface area contributed by atoms with E-state index in [4.69, 9.17) is 0 Å². The number of benzene rings is 1. The number of carbonyl (C=O) groups excluding carboxylic acids is 1. The second-order valence-corrected chi connectivity index (χ2v) is 6.03. The van der Waals surface area contributed by atoms with Gasteiger partial charge in [-0.1, -0.05) is 18.2 Å². The maximum Gasteiger partial charge on any atom is 0.237 e. The van der Waals surface area contributed by atoms with E-state index < -0.39 is 0 Å². The van der Waals surface area contributed by atoms with E-state index in [9.17, 15) is 4.79 Å². The number of rotatable bonds is 5. The van der Waals surface area contributed by atoms with Crippen LogP contribution in [0.2, 0.25) is 0 Å². The van der Waals surface area contributed by atoms with Crippen LogP contribution >= 0.6 is 0 Å². The van der Waals surface area contributed by atoms with Crippen molar-refractivity contribution >= 4 is 16.8 Å². The number of aromatic nitrogens is 1. The van der Waals surface area contributed by atoms with Crippen LogP contribution in [0.15, 0.2) is 24.3 Å². The van der Waals surface area contributed by atoms with E-state index >= 15 is 0 Å². The first-order chi connectivity index (χ1) is 10.1. The Bertz CT molecular complexity index is 631. The van der Waals surface area contributed by atoms with Gasteiger partial charge in [-0.3, -0.25) is 4.79 Å². The summed E-state index contributed by atoms with van der Waals surface area (Å²) in [5.74, 6) is 0.105. The maximum absolute atomic E-state index is 12.0. The summed E-state index contributed by atoms with van der Waals surface area (Å²) in [6.07, 6.45) is 2.25. The highest BCUT2D eigenvalue weighted by atomic mass is 16.2. The molecule has 1 heterocycles. The van der Waals surface area contributed by atoms with Crippen LogP contribution in [-0.2, 0) is 18.4 Å². The van der Waals surface area contributed by atoms with Crippen molar-refractivity contribution in [2.24, 2.45) is 7.05 Å². The Hall–Kier alpha value is -1.81. The highest BCUT2D eigenvalue weighted by Crippen LogP contribution is 2.24. The molecule has 2 aromatic rings. The topological polar surface area (TPSA) is 46.1 Å². The van der Waals surface area contributed by atoms with Crippen molar-refractivity contribution in [1.82, 2.24) is 15.2 Å². The average Bonchev–Trinajstić information content (AvgIpc) is 3.26. The average molecular weight is 285 g/mol. The van der Waals surface area contributed by atoms with E-state index in [-0.39, 0.29) is 11.9 Å². The molecule has 1 aromatic carbocycles. The van der Waals surface area contributed by atoms with Gasteiger partial charge in [-0.25, -0.2) is 0 Å². The number of carbonyl (C=O) groups is 1. The van der Waals surface area contributed by atoms with Crippen molar-refractivity contribution in [2.45, 2.75) is 45.3 Å². The van der Waals surface area contributed by atoms with Crippen LogP contribution in [-0.4, -0.2) is 22.6 Å². The lowest BCUT2D eigenvalue weighted by molar-refractivity contribution is -0.122. The van der Waals surface area contributed by atoms with Crippen molar-refractivity contribution in [1.29, 1.82) is 0 Å². The number of hydrogen-bond donors (Lipinski definition) is 2. The normalized spacial score (nSPS) is 16.1. The minimum Gasteiger partial charge on any atom is -0.352 e. The van der Waals surface area contributed by atoms with E-state index in [1.54, 1.807) is 0 Å². The fourth-order valence-corrected chi connectivity index (χ4v) is 2.78. The first-order valence-corrected chi connectivity index (χ1v) is 7.64. The van der Waals surface area contributed by atoms with E-state index in [1.807, 2.05) is 6.92 Å². The summed E-state index contributed by atoms with van der Waals surface area (Å²) in [4.78, 5) is 12.0. The second kappa shape index (κ2) is 5.53. The Morgan fingerprint density at radius 2 is 2.10 bits per heavy atom. The first-order valence-electron chi connectivity index (χ1n) is 7.64. The van der Waals surface area contributed by atoms with Crippen molar-refractivity contribution in [3.8, 4) is 0 Å². The van der Waals surface area contributed by atoms with Crippen molar-refractivity contribution in [3.05, 3.63) is 35.5 Å². The van der Waals surface area contributed by atoms with Crippen LogP contribution in [0.1, 0.15) is 31.0 Å². The predicted octanol–water partition coefficient (Wildman–Crippen LogP) is 2.24. The fraction of sp³-hybridized carbons (Fsp3) is 0.471. The molecule has 1 fully saturated rings.